The summed E-state index contributed by atoms with van der Waals surface area (Å²) in [6, 6.07) is 5.65. The molecule has 5 nitrogen and oxygen atoms in total. The summed E-state index contributed by atoms with van der Waals surface area (Å²) >= 11 is 2.07. The highest BCUT2D eigenvalue weighted by Crippen LogP contribution is 2.30. The second kappa shape index (κ2) is 6.49. The smallest absolute Gasteiger partial charge is 0.338 e. The van der Waals surface area contributed by atoms with Gasteiger partial charge in [0, 0.05) is 9.26 Å². The summed E-state index contributed by atoms with van der Waals surface area (Å²) < 4.78 is 28.9. The summed E-state index contributed by atoms with van der Waals surface area (Å²) in [4.78, 5) is 22.2. The molecule has 0 aliphatic carbocycles. The van der Waals surface area contributed by atoms with Crippen molar-refractivity contribution in [2.45, 2.75) is 6.92 Å². The molecule has 0 atom stereocenters. The predicted octanol–water partition coefficient (Wildman–Crippen LogP) is 4.02. The van der Waals surface area contributed by atoms with Crippen molar-refractivity contribution in [3.05, 3.63) is 56.2 Å². The van der Waals surface area contributed by atoms with Gasteiger partial charge < -0.3 is 15.5 Å². The minimum absolute atomic E-state index is 0.384. The number of hydrogen-bond donors (Lipinski definition) is 3. The summed E-state index contributed by atoms with van der Waals surface area (Å²) in [7, 11) is 0. The lowest BCUT2D eigenvalue weighted by Crippen LogP contribution is -2.12. The first-order chi connectivity index (χ1) is 10.7. The highest BCUT2D eigenvalue weighted by molar-refractivity contribution is 14.1. The second-order valence-electron chi connectivity index (χ2n) is 4.67. The van der Waals surface area contributed by atoms with Crippen LogP contribution in [0.4, 0.5) is 20.2 Å². The molecule has 0 aliphatic rings. The number of nitrogens with one attached hydrogen (secondary N) is 1. The Hall–Kier alpha value is -2.23. The van der Waals surface area contributed by atoms with Gasteiger partial charge in [-0.05, 0) is 59.3 Å². The van der Waals surface area contributed by atoms with Crippen LogP contribution in [0.3, 0.4) is 0 Å². The Morgan fingerprint density at radius 2 is 1.65 bits per heavy atom. The van der Waals surface area contributed by atoms with Crippen molar-refractivity contribution in [2.24, 2.45) is 0 Å². The number of carboxylic acids is 2. The molecular formula is C15H10F2INO4. The number of carboxylic acid groups (broad SMARTS) is 2. The minimum Gasteiger partial charge on any atom is -0.478 e. The molecule has 0 radical (unpaired) electrons. The standard InChI is InChI=1S/C15H10F2INO4/c1-6-4-7(18)2-3-10(6)19-13-9(15(22)23)5-8(14(20)21)11(16)12(13)17/h2-5,19H,1H3,(H,20,21)(H,22,23). The normalized spacial score (nSPS) is 10.4. The van der Waals surface area contributed by atoms with Gasteiger partial charge in [0.05, 0.1) is 16.8 Å². The molecule has 8 heteroatoms. The molecule has 0 aliphatic heterocycles. The minimum atomic E-state index is -1.75. The Labute approximate surface area is 143 Å². The van der Waals surface area contributed by atoms with Gasteiger partial charge in [0.15, 0.2) is 11.6 Å². The number of rotatable bonds is 4. The Balaban J connectivity index is 2.63. The molecule has 0 amide bonds. The van der Waals surface area contributed by atoms with Crippen LogP contribution < -0.4 is 5.32 Å². The van der Waals surface area contributed by atoms with Gasteiger partial charge in [-0.1, -0.05) is 0 Å². The molecule has 2 aromatic carbocycles. The third-order valence-electron chi connectivity index (χ3n) is 3.12. The van der Waals surface area contributed by atoms with Crippen LogP contribution in [0.15, 0.2) is 24.3 Å². The lowest BCUT2D eigenvalue weighted by atomic mass is 10.1. The van der Waals surface area contributed by atoms with E-state index < -0.39 is 40.4 Å². The van der Waals surface area contributed by atoms with E-state index in [4.69, 9.17) is 10.2 Å². The van der Waals surface area contributed by atoms with Crippen LogP contribution in [0.5, 0.6) is 0 Å². The van der Waals surface area contributed by atoms with Crippen LogP contribution in [-0.4, -0.2) is 22.2 Å². The third kappa shape index (κ3) is 3.41. The molecule has 0 spiro atoms. The Bertz CT molecular complexity index is 824. The summed E-state index contributed by atoms with van der Waals surface area (Å²) in [6.45, 7) is 1.71. The zero-order chi connectivity index (χ0) is 17.3. The molecule has 23 heavy (non-hydrogen) atoms. The average Bonchev–Trinajstić information content (AvgIpc) is 2.45. The van der Waals surface area contributed by atoms with Crippen LogP contribution in [0.2, 0.25) is 0 Å². The van der Waals surface area contributed by atoms with Gasteiger partial charge in [0.1, 0.15) is 0 Å². The van der Waals surface area contributed by atoms with Crippen molar-refractivity contribution in [3.63, 3.8) is 0 Å². The van der Waals surface area contributed by atoms with Gasteiger partial charge in [0.25, 0.3) is 0 Å². The fourth-order valence-electron chi connectivity index (χ4n) is 1.97. The molecule has 0 heterocycles. The third-order valence-corrected chi connectivity index (χ3v) is 3.79. The highest BCUT2D eigenvalue weighted by atomic mass is 127. The van der Waals surface area contributed by atoms with Crippen molar-refractivity contribution in [3.8, 4) is 0 Å². The summed E-state index contributed by atoms with van der Waals surface area (Å²) in [5.41, 5.74) is -1.25. The lowest BCUT2D eigenvalue weighted by molar-refractivity contribution is 0.0690. The first kappa shape index (κ1) is 17.1. The molecule has 0 bridgehead atoms. The van der Waals surface area contributed by atoms with E-state index in [0.29, 0.717) is 17.3 Å². The van der Waals surface area contributed by atoms with Crippen molar-refractivity contribution in [2.75, 3.05) is 5.32 Å². The van der Waals surface area contributed by atoms with E-state index in [9.17, 15) is 18.4 Å². The van der Waals surface area contributed by atoms with Gasteiger partial charge >= 0.3 is 11.9 Å². The number of aromatic carboxylic acids is 2. The zero-order valence-electron chi connectivity index (χ0n) is 11.7. The average molecular weight is 433 g/mol. The summed E-state index contributed by atoms with van der Waals surface area (Å²) in [5.74, 6) is -6.49. The number of hydrogen-bond acceptors (Lipinski definition) is 3. The van der Waals surface area contributed by atoms with E-state index in [1.165, 1.54) is 0 Å². The van der Waals surface area contributed by atoms with Crippen molar-refractivity contribution in [1.29, 1.82) is 0 Å². The molecule has 0 saturated carbocycles. The largest absolute Gasteiger partial charge is 0.478 e. The van der Waals surface area contributed by atoms with Gasteiger partial charge in [-0.15, -0.1) is 0 Å². The van der Waals surface area contributed by atoms with Crippen LogP contribution in [0.1, 0.15) is 26.3 Å². The van der Waals surface area contributed by atoms with Crippen molar-refractivity contribution < 1.29 is 28.6 Å². The van der Waals surface area contributed by atoms with Crippen molar-refractivity contribution in [1.82, 2.24) is 0 Å². The van der Waals surface area contributed by atoms with E-state index in [1.807, 2.05) is 0 Å². The number of halogens is 3. The van der Waals surface area contributed by atoms with Crippen LogP contribution in [0.25, 0.3) is 0 Å². The SMILES string of the molecule is Cc1cc(I)ccc1Nc1c(C(=O)O)cc(C(=O)O)c(F)c1F. The Kier molecular flexibility index (Phi) is 4.83. The van der Waals surface area contributed by atoms with Crippen LogP contribution in [0, 0.1) is 22.1 Å². The quantitative estimate of drug-likeness (QED) is 0.635. The number of anilines is 2. The summed E-state index contributed by atoms with van der Waals surface area (Å²) in [6.07, 6.45) is 0. The molecule has 2 aromatic rings. The van der Waals surface area contributed by atoms with E-state index in [-0.39, 0.29) is 0 Å². The maximum atomic E-state index is 14.2. The molecule has 0 saturated heterocycles. The summed E-state index contributed by atoms with van der Waals surface area (Å²) in [5, 5.41) is 20.5. The maximum absolute atomic E-state index is 14.2. The Morgan fingerprint density at radius 1 is 1.04 bits per heavy atom. The van der Waals surface area contributed by atoms with E-state index in [1.54, 1.807) is 25.1 Å². The first-order valence-corrected chi connectivity index (χ1v) is 7.32. The van der Waals surface area contributed by atoms with E-state index in [0.717, 1.165) is 3.57 Å². The molecule has 0 fully saturated rings. The van der Waals surface area contributed by atoms with Gasteiger partial charge in [-0.25, -0.2) is 18.4 Å². The fourth-order valence-corrected chi connectivity index (χ4v) is 2.62. The fraction of sp³-hybridized carbons (Fsp3) is 0.0667. The van der Waals surface area contributed by atoms with E-state index in [2.05, 4.69) is 27.9 Å². The molecule has 120 valence electrons. The molecular weight excluding hydrogens is 423 g/mol. The van der Waals surface area contributed by atoms with E-state index >= 15 is 0 Å². The molecule has 0 unspecified atom stereocenters. The zero-order valence-corrected chi connectivity index (χ0v) is 13.8. The van der Waals surface area contributed by atoms with Gasteiger partial charge in [0.2, 0.25) is 0 Å². The lowest BCUT2D eigenvalue weighted by Gasteiger charge is -2.14. The topological polar surface area (TPSA) is 86.6 Å². The Morgan fingerprint density at radius 3 is 2.17 bits per heavy atom. The van der Waals surface area contributed by atoms with Crippen LogP contribution in [-0.2, 0) is 0 Å². The molecule has 3 N–H and O–H groups in total. The second-order valence-corrected chi connectivity index (χ2v) is 5.91. The monoisotopic (exact) mass is 433 g/mol. The number of benzene rings is 2. The van der Waals surface area contributed by atoms with Gasteiger partial charge in [-0.2, -0.15) is 0 Å². The first-order valence-electron chi connectivity index (χ1n) is 6.24. The number of carbonyl (C=O) groups is 2. The highest BCUT2D eigenvalue weighted by Gasteiger charge is 2.25. The predicted molar refractivity (Wildman–Crippen MR) is 87.5 cm³/mol. The maximum Gasteiger partial charge on any atom is 0.338 e. The van der Waals surface area contributed by atoms with Crippen LogP contribution >= 0.6 is 22.6 Å². The molecule has 0 aromatic heterocycles. The van der Waals surface area contributed by atoms with Gasteiger partial charge in [-0.3, -0.25) is 0 Å². The molecule has 2 rings (SSSR count). The number of aryl methyl sites for hydroxylation is 1. The van der Waals surface area contributed by atoms with Crippen molar-refractivity contribution >= 4 is 45.9 Å².